The fraction of sp³-hybridized carbons (Fsp3) is 0.474. The van der Waals surface area contributed by atoms with Gasteiger partial charge in [0.25, 0.3) is 0 Å². The normalized spacial score (nSPS) is 21.1. The second kappa shape index (κ2) is 7.92. The van der Waals surface area contributed by atoms with E-state index in [0.717, 1.165) is 31.6 Å². The molecule has 1 saturated carbocycles. The van der Waals surface area contributed by atoms with Gasteiger partial charge < -0.3 is 4.74 Å². The number of ether oxygens (including phenoxy) is 1. The third-order valence-electron chi connectivity index (χ3n) is 4.42. The van der Waals surface area contributed by atoms with Crippen LogP contribution in [0, 0.1) is 11.8 Å². The highest BCUT2D eigenvalue weighted by Crippen LogP contribution is 2.32. The van der Waals surface area contributed by atoms with Gasteiger partial charge >= 0.3 is 5.97 Å². The van der Waals surface area contributed by atoms with Crippen LogP contribution in [-0.4, -0.2) is 11.8 Å². The molecule has 0 bridgehead atoms. The molecule has 1 aliphatic rings. The summed E-state index contributed by atoms with van der Waals surface area (Å²) in [6.45, 7) is 5.66. The zero-order valence-corrected chi connectivity index (χ0v) is 13.2. The maximum atomic E-state index is 12.2. The van der Waals surface area contributed by atoms with Gasteiger partial charge in [0.05, 0.1) is 5.92 Å². The summed E-state index contributed by atoms with van der Waals surface area (Å²) >= 11 is 0. The van der Waals surface area contributed by atoms with Crippen LogP contribution >= 0.6 is 0 Å². The van der Waals surface area contributed by atoms with Crippen LogP contribution in [0.25, 0.3) is 0 Å². The average molecular weight is 300 g/mol. The molecular weight excluding hydrogens is 276 g/mol. The van der Waals surface area contributed by atoms with Gasteiger partial charge in [-0.3, -0.25) is 9.59 Å². The molecule has 3 heteroatoms. The molecule has 118 valence electrons. The number of benzene rings is 1. The smallest absolute Gasteiger partial charge is 0.314 e. The first-order valence-electron chi connectivity index (χ1n) is 8.12. The Labute approximate surface area is 132 Å². The maximum Gasteiger partial charge on any atom is 0.314 e. The summed E-state index contributed by atoms with van der Waals surface area (Å²) in [6, 6.07) is 6.64. The summed E-state index contributed by atoms with van der Waals surface area (Å²) in [7, 11) is 0. The molecule has 0 aliphatic heterocycles. The largest absolute Gasteiger partial charge is 0.426 e. The Morgan fingerprint density at radius 3 is 2.36 bits per heavy atom. The van der Waals surface area contributed by atoms with Gasteiger partial charge in [-0.05, 0) is 61.9 Å². The van der Waals surface area contributed by atoms with Crippen LogP contribution in [0.15, 0.2) is 36.9 Å². The number of hydrogen-bond acceptors (Lipinski definition) is 3. The number of carbonyl (C=O) groups is 2. The van der Waals surface area contributed by atoms with Crippen molar-refractivity contribution in [3.8, 4) is 5.75 Å². The highest BCUT2D eigenvalue weighted by Gasteiger charge is 2.27. The molecule has 1 aliphatic carbocycles. The van der Waals surface area contributed by atoms with Crippen LogP contribution in [0.1, 0.15) is 55.8 Å². The van der Waals surface area contributed by atoms with Crippen molar-refractivity contribution in [2.75, 3.05) is 0 Å². The van der Waals surface area contributed by atoms with Crippen molar-refractivity contribution >= 4 is 11.8 Å². The van der Waals surface area contributed by atoms with E-state index in [-0.39, 0.29) is 17.7 Å². The van der Waals surface area contributed by atoms with Crippen molar-refractivity contribution in [1.29, 1.82) is 0 Å². The minimum absolute atomic E-state index is 0.0163. The highest BCUT2D eigenvalue weighted by atomic mass is 16.5. The van der Waals surface area contributed by atoms with Crippen LogP contribution in [0.2, 0.25) is 0 Å². The van der Waals surface area contributed by atoms with Crippen molar-refractivity contribution in [2.45, 2.75) is 45.4 Å². The molecule has 1 fully saturated rings. The molecule has 1 aromatic rings. The summed E-state index contributed by atoms with van der Waals surface area (Å²) < 4.78 is 5.44. The van der Waals surface area contributed by atoms with E-state index in [4.69, 9.17) is 4.74 Å². The molecule has 0 N–H and O–H groups in total. The van der Waals surface area contributed by atoms with Crippen molar-refractivity contribution in [3.05, 3.63) is 42.5 Å². The maximum absolute atomic E-state index is 12.2. The molecule has 0 aromatic heterocycles. The minimum Gasteiger partial charge on any atom is -0.426 e. The summed E-state index contributed by atoms with van der Waals surface area (Å²) in [6.07, 6.45) is 7.86. The molecule has 0 unspecified atom stereocenters. The number of rotatable bonds is 6. The first-order chi connectivity index (χ1) is 10.6. The summed E-state index contributed by atoms with van der Waals surface area (Å²) in [5, 5.41) is 0. The second-order valence-electron chi connectivity index (χ2n) is 6.02. The Hall–Kier alpha value is -1.90. The van der Waals surface area contributed by atoms with Crippen molar-refractivity contribution in [3.63, 3.8) is 0 Å². The summed E-state index contributed by atoms with van der Waals surface area (Å²) in [5.41, 5.74) is 0.551. The molecule has 2 rings (SSSR count). The molecule has 0 amide bonds. The van der Waals surface area contributed by atoms with Crippen molar-refractivity contribution in [1.82, 2.24) is 0 Å². The Balaban J connectivity index is 1.87. The summed E-state index contributed by atoms with van der Waals surface area (Å²) in [5.74, 6) is 1.02. The van der Waals surface area contributed by atoms with Gasteiger partial charge in [-0.2, -0.15) is 0 Å². The molecule has 0 atom stereocenters. The molecule has 0 heterocycles. The molecular formula is C19H24O3. The zero-order valence-electron chi connectivity index (χ0n) is 13.2. The summed E-state index contributed by atoms with van der Waals surface area (Å²) in [4.78, 5) is 23.7. The van der Waals surface area contributed by atoms with Gasteiger partial charge in [-0.25, -0.2) is 0 Å². The van der Waals surface area contributed by atoms with Crippen molar-refractivity contribution < 1.29 is 14.3 Å². The number of allylic oxidation sites excluding steroid dienone is 1. The standard InChI is InChI=1S/C19H24O3/c1-3-5-14-6-8-16(9-7-14)19(21)22-17-12-10-15(11-13-17)18(20)4-2/h4,10-14,16H,2-3,5-9H2,1H3. The van der Waals surface area contributed by atoms with E-state index in [9.17, 15) is 9.59 Å². The zero-order chi connectivity index (χ0) is 15.9. The van der Waals surface area contributed by atoms with E-state index in [1.54, 1.807) is 24.3 Å². The topological polar surface area (TPSA) is 43.4 Å². The van der Waals surface area contributed by atoms with Crippen LogP contribution < -0.4 is 4.74 Å². The fourth-order valence-corrected chi connectivity index (χ4v) is 3.10. The first kappa shape index (κ1) is 16.5. The van der Waals surface area contributed by atoms with E-state index in [1.165, 1.54) is 18.9 Å². The Kier molecular flexibility index (Phi) is 5.93. The number of hydrogen-bond donors (Lipinski definition) is 0. The Morgan fingerprint density at radius 1 is 1.18 bits per heavy atom. The minimum atomic E-state index is -0.141. The van der Waals surface area contributed by atoms with Gasteiger partial charge in [0.1, 0.15) is 5.75 Å². The van der Waals surface area contributed by atoms with E-state index in [2.05, 4.69) is 13.5 Å². The van der Waals surface area contributed by atoms with Crippen LogP contribution in [0.4, 0.5) is 0 Å². The lowest BCUT2D eigenvalue weighted by atomic mass is 9.80. The predicted molar refractivity (Wildman–Crippen MR) is 87.0 cm³/mol. The number of carbonyl (C=O) groups excluding carboxylic acids is 2. The highest BCUT2D eigenvalue weighted by molar-refractivity contribution is 6.04. The van der Waals surface area contributed by atoms with Crippen LogP contribution in [-0.2, 0) is 4.79 Å². The van der Waals surface area contributed by atoms with Gasteiger partial charge in [-0.15, -0.1) is 0 Å². The predicted octanol–water partition coefficient (Wildman–Crippen LogP) is 4.57. The van der Waals surface area contributed by atoms with E-state index in [1.807, 2.05) is 0 Å². The first-order valence-corrected chi connectivity index (χ1v) is 8.12. The van der Waals surface area contributed by atoms with Crippen LogP contribution in [0.5, 0.6) is 5.75 Å². The quantitative estimate of drug-likeness (QED) is 0.334. The lowest BCUT2D eigenvalue weighted by Gasteiger charge is -2.26. The molecule has 3 nitrogen and oxygen atoms in total. The van der Waals surface area contributed by atoms with E-state index in [0.29, 0.717) is 11.3 Å². The lowest BCUT2D eigenvalue weighted by molar-refractivity contribution is -0.140. The molecule has 0 saturated heterocycles. The number of esters is 1. The molecule has 0 radical (unpaired) electrons. The van der Waals surface area contributed by atoms with Gasteiger partial charge in [0.15, 0.2) is 5.78 Å². The fourth-order valence-electron chi connectivity index (χ4n) is 3.10. The SMILES string of the molecule is C=CC(=O)c1ccc(OC(=O)C2CCC(CCC)CC2)cc1. The Morgan fingerprint density at radius 2 is 1.82 bits per heavy atom. The third-order valence-corrected chi connectivity index (χ3v) is 4.42. The van der Waals surface area contributed by atoms with Gasteiger partial charge in [-0.1, -0.05) is 26.3 Å². The monoisotopic (exact) mass is 300 g/mol. The lowest BCUT2D eigenvalue weighted by Crippen LogP contribution is -2.25. The van der Waals surface area contributed by atoms with Crippen LogP contribution in [0.3, 0.4) is 0 Å². The molecule has 22 heavy (non-hydrogen) atoms. The molecule has 0 spiro atoms. The van der Waals surface area contributed by atoms with E-state index < -0.39 is 0 Å². The second-order valence-corrected chi connectivity index (χ2v) is 6.02. The Bertz CT molecular complexity index is 522. The van der Waals surface area contributed by atoms with Crippen molar-refractivity contribution in [2.24, 2.45) is 11.8 Å². The van der Waals surface area contributed by atoms with Gasteiger partial charge in [0, 0.05) is 5.56 Å². The molecule has 1 aromatic carbocycles. The third kappa shape index (κ3) is 4.30. The van der Waals surface area contributed by atoms with E-state index >= 15 is 0 Å². The average Bonchev–Trinajstić information content (AvgIpc) is 2.55. The number of ketones is 1. The van der Waals surface area contributed by atoms with Gasteiger partial charge in [0.2, 0.25) is 0 Å².